The molecule has 8 nitrogen and oxygen atoms in total. The van der Waals surface area contributed by atoms with Gasteiger partial charge >= 0.3 is 11.9 Å². The molecule has 0 aromatic heterocycles. The summed E-state index contributed by atoms with van der Waals surface area (Å²) in [4.78, 5) is 36.9. The number of quaternary nitrogens is 1. The number of ether oxygens (including phenoxy) is 3. The quantitative estimate of drug-likeness (QED) is 0.0264. The van der Waals surface area contributed by atoms with E-state index in [-0.39, 0.29) is 55.5 Å². The Hall–Kier alpha value is -4.01. The fourth-order valence-corrected chi connectivity index (χ4v) is 5.73. The molecule has 0 saturated carbocycles. The zero-order valence-electron chi connectivity index (χ0n) is 37.6. The van der Waals surface area contributed by atoms with Gasteiger partial charge in [0.2, 0.25) is 0 Å². The van der Waals surface area contributed by atoms with Crippen molar-refractivity contribution in [2.24, 2.45) is 0 Å². The van der Waals surface area contributed by atoms with Crippen LogP contribution in [0.15, 0.2) is 109 Å². The Balaban J connectivity index is 4.46. The van der Waals surface area contributed by atoms with Gasteiger partial charge in [0.05, 0.1) is 40.3 Å². The van der Waals surface area contributed by atoms with Crippen LogP contribution in [0, 0.1) is 0 Å². The maximum atomic E-state index is 12.7. The van der Waals surface area contributed by atoms with Crippen LogP contribution in [0.2, 0.25) is 0 Å². The molecule has 2 unspecified atom stereocenters. The number of unbranched alkanes of at least 4 members (excludes halogenated alkanes) is 6. The van der Waals surface area contributed by atoms with Crippen molar-refractivity contribution in [2.45, 2.75) is 154 Å². The summed E-state index contributed by atoms with van der Waals surface area (Å²) in [6.45, 7) is 4.33. The Morgan fingerprint density at radius 1 is 0.508 bits per heavy atom. The van der Waals surface area contributed by atoms with Gasteiger partial charge in [-0.15, -0.1) is 0 Å². The minimum absolute atomic E-state index is 0.00950. The van der Waals surface area contributed by atoms with Crippen molar-refractivity contribution in [2.75, 3.05) is 41.0 Å². The lowest BCUT2D eigenvalue weighted by Crippen LogP contribution is -2.55. The first kappa shape index (κ1) is 55.0. The molecule has 0 aliphatic carbocycles. The number of carbonyl (C=O) groups is 3. The van der Waals surface area contributed by atoms with Crippen LogP contribution in [-0.4, -0.2) is 75.5 Å². The number of hydrogen-bond donors (Lipinski definition) is 0. The first-order chi connectivity index (χ1) is 28.6. The standard InChI is InChI=1S/C51H81NO7/c1-6-8-10-12-14-16-18-20-22-23-24-25-26-27-28-30-31-33-35-37-39-41-49(53)58-46-47(45-57-44-43-48(51(55)56)52(3,4)5)59-50(54)42-40-38-36-34-32-29-21-19-17-15-13-11-9-7-2/h8-11,14-17,20-22,24-25,27-29,31,33,47-48H,6-7,12-13,18-19,23,26,30,32,34-46H2,1-5H3/b10-8+,11-9+,16-14+,17-15+,22-20+,25-24+,28-27+,29-21+,33-31+. The Labute approximate surface area is 359 Å². The van der Waals surface area contributed by atoms with Crippen LogP contribution >= 0.6 is 0 Å². The number of likely N-dealkylation sites (N-methyl/N-ethyl adjacent to an activating group) is 1. The number of aliphatic carboxylic acids is 1. The van der Waals surface area contributed by atoms with E-state index in [1.54, 1.807) is 21.1 Å². The van der Waals surface area contributed by atoms with Gasteiger partial charge in [0.1, 0.15) is 12.6 Å². The lowest BCUT2D eigenvalue weighted by molar-refractivity contribution is -0.889. The summed E-state index contributed by atoms with van der Waals surface area (Å²) in [5.74, 6) is -1.84. The second kappa shape index (κ2) is 40.8. The summed E-state index contributed by atoms with van der Waals surface area (Å²) in [7, 11) is 5.37. The van der Waals surface area contributed by atoms with Crippen LogP contribution in [0.4, 0.5) is 0 Å². The van der Waals surface area contributed by atoms with Crippen molar-refractivity contribution in [1.82, 2.24) is 0 Å². The number of rotatable bonds is 38. The largest absolute Gasteiger partial charge is 0.544 e. The molecular weight excluding hydrogens is 739 g/mol. The molecule has 0 fully saturated rings. The number of allylic oxidation sites excluding steroid dienone is 18. The average Bonchev–Trinajstić information content (AvgIpc) is 3.19. The van der Waals surface area contributed by atoms with Gasteiger partial charge in [0, 0.05) is 19.3 Å². The van der Waals surface area contributed by atoms with Crippen molar-refractivity contribution in [1.29, 1.82) is 0 Å². The molecule has 0 aliphatic rings. The van der Waals surface area contributed by atoms with Crippen molar-refractivity contribution >= 4 is 17.9 Å². The van der Waals surface area contributed by atoms with Gasteiger partial charge < -0.3 is 28.6 Å². The van der Waals surface area contributed by atoms with E-state index in [2.05, 4.69) is 123 Å². The molecule has 332 valence electrons. The Morgan fingerprint density at radius 3 is 1.34 bits per heavy atom. The first-order valence-electron chi connectivity index (χ1n) is 22.4. The highest BCUT2D eigenvalue weighted by Gasteiger charge is 2.25. The molecule has 0 amide bonds. The minimum atomic E-state index is -1.14. The smallest absolute Gasteiger partial charge is 0.306 e. The van der Waals surface area contributed by atoms with Gasteiger partial charge in [-0.25, -0.2) is 0 Å². The normalized spacial score (nSPS) is 14.0. The van der Waals surface area contributed by atoms with Crippen molar-refractivity contribution in [3.63, 3.8) is 0 Å². The summed E-state index contributed by atoms with van der Waals surface area (Å²) in [6, 6.07) is -0.743. The highest BCUT2D eigenvalue weighted by atomic mass is 16.6. The van der Waals surface area contributed by atoms with E-state index < -0.39 is 18.1 Å². The fourth-order valence-electron chi connectivity index (χ4n) is 5.73. The van der Waals surface area contributed by atoms with E-state index in [0.29, 0.717) is 6.42 Å². The molecule has 0 spiro atoms. The second-order valence-electron chi connectivity index (χ2n) is 15.5. The molecule has 0 aliphatic heterocycles. The summed E-state index contributed by atoms with van der Waals surface area (Å²) in [5.41, 5.74) is 0. The fraction of sp³-hybridized carbons (Fsp3) is 0.588. The predicted molar refractivity (Wildman–Crippen MR) is 244 cm³/mol. The van der Waals surface area contributed by atoms with Crippen LogP contribution in [-0.2, 0) is 28.6 Å². The molecule has 0 aromatic carbocycles. The predicted octanol–water partition coefficient (Wildman–Crippen LogP) is 11.1. The number of nitrogens with zero attached hydrogens (tertiary/aromatic N) is 1. The number of carbonyl (C=O) groups excluding carboxylic acids is 3. The first-order valence-corrected chi connectivity index (χ1v) is 22.4. The van der Waals surface area contributed by atoms with Gasteiger partial charge in [0.15, 0.2) is 6.10 Å². The Morgan fingerprint density at radius 2 is 0.898 bits per heavy atom. The molecule has 0 radical (unpaired) electrons. The van der Waals surface area contributed by atoms with Gasteiger partial charge in [-0.3, -0.25) is 9.59 Å². The van der Waals surface area contributed by atoms with Crippen molar-refractivity contribution in [3.8, 4) is 0 Å². The summed E-state index contributed by atoms with van der Waals surface area (Å²) < 4.78 is 17.1. The van der Waals surface area contributed by atoms with Crippen LogP contribution in [0.5, 0.6) is 0 Å². The monoisotopic (exact) mass is 820 g/mol. The third-order valence-corrected chi connectivity index (χ3v) is 9.15. The molecule has 0 aromatic rings. The van der Waals surface area contributed by atoms with E-state index >= 15 is 0 Å². The maximum absolute atomic E-state index is 12.7. The van der Waals surface area contributed by atoms with Gasteiger partial charge in [-0.1, -0.05) is 136 Å². The van der Waals surface area contributed by atoms with E-state index in [0.717, 1.165) is 103 Å². The van der Waals surface area contributed by atoms with Crippen molar-refractivity contribution in [3.05, 3.63) is 109 Å². The number of carboxylic acids is 1. The van der Waals surface area contributed by atoms with Crippen LogP contribution < -0.4 is 5.11 Å². The maximum Gasteiger partial charge on any atom is 0.306 e. The van der Waals surface area contributed by atoms with E-state index in [9.17, 15) is 19.5 Å². The molecule has 0 saturated heterocycles. The van der Waals surface area contributed by atoms with E-state index in [1.807, 2.05) is 0 Å². The molecule has 2 atom stereocenters. The van der Waals surface area contributed by atoms with E-state index in [1.165, 1.54) is 0 Å². The zero-order valence-corrected chi connectivity index (χ0v) is 37.6. The van der Waals surface area contributed by atoms with Gasteiger partial charge in [-0.05, 0) is 96.3 Å². The topological polar surface area (TPSA) is 102 Å². The van der Waals surface area contributed by atoms with E-state index in [4.69, 9.17) is 14.2 Å². The van der Waals surface area contributed by atoms with Crippen LogP contribution in [0.1, 0.15) is 142 Å². The minimum Gasteiger partial charge on any atom is -0.544 e. The molecular formula is C51H81NO7. The Bertz CT molecular complexity index is 1330. The van der Waals surface area contributed by atoms with Gasteiger partial charge in [0.25, 0.3) is 0 Å². The number of carboxylic acid groups (broad SMARTS) is 1. The summed E-state index contributed by atoms with van der Waals surface area (Å²) in [5, 5.41) is 11.6. The zero-order chi connectivity index (χ0) is 43.5. The SMILES string of the molecule is CC/C=C/C/C=C/C/C=C/C/C=C/C/C=C/C/C=C/CCCCC(=O)OCC(COCCC(C(=O)[O-])[N+](C)(C)C)OC(=O)CCCCCC/C=C/C/C=C/C/C=C/CC. The second-order valence-corrected chi connectivity index (χ2v) is 15.5. The van der Waals surface area contributed by atoms with Crippen LogP contribution in [0.3, 0.4) is 0 Å². The highest BCUT2D eigenvalue weighted by Crippen LogP contribution is 2.11. The summed E-state index contributed by atoms with van der Waals surface area (Å²) >= 11 is 0. The molecule has 0 rings (SSSR count). The lowest BCUT2D eigenvalue weighted by atomic mass is 10.1. The van der Waals surface area contributed by atoms with Gasteiger partial charge in [-0.2, -0.15) is 0 Å². The molecule has 0 bridgehead atoms. The van der Waals surface area contributed by atoms with Crippen LogP contribution in [0.25, 0.3) is 0 Å². The molecule has 8 heteroatoms. The third-order valence-electron chi connectivity index (χ3n) is 9.15. The average molecular weight is 820 g/mol. The highest BCUT2D eigenvalue weighted by molar-refractivity contribution is 5.70. The molecule has 59 heavy (non-hydrogen) atoms. The molecule has 0 heterocycles. The summed E-state index contributed by atoms with van der Waals surface area (Å²) in [6.07, 6.45) is 55.5. The molecule has 0 N–H and O–H groups in total. The third kappa shape index (κ3) is 39.2. The number of esters is 2. The lowest BCUT2D eigenvalue weighted by Gasteiger charge is -2.34. The number of hydrogen-bond acceptors (Lipinski definition) is 7. The Kier molecular flexibility index (Phi) is 38.0. The van der Waals surface area contributed by atoms with Crippen molar-refractivity contribution < 1.29 is 38.2 Å².